The van der Waals surface area contributed by atoms with E-state index < -0.39 is 10.0 Å². The van der Waals surface area contributed by atoms with Gasteiger partial charge in [-0.2, -0.15) is 11.8 Å². The lowest BCUT2D eigenvalue weighted by Crippen LogP contribution is -2.34. The van der Waals surface area contributed by atoms with Crippen LogP contribution >= 0.6 is 11.8 Å². The van der Waals surface area contributed by atoms with Crippen molar-refractivity contribution in [3.8, 4) is 17.6 Å². The number of hydrogen-bond acceptors (Lipinski definition) is 5. The van der Waals surface area contributed by atoms with Crippen molar-refractivity contribution < 1.29 is 13.2 Å². The number of nitrogens with two attached hydrogens (primary N) is 1. The van der Waals surface area contributed by atoms with Crippen LogP contribution in [0, 0.1) is 11.8 Å². The van der Waals surface area contributed by atoms with Crippen LogP contribution in [0.25, 0.3) is 0 Å². The summed E-state index contributed by atoms with van der Waals surface area (Å²) >= 11 is 1.58. The van der Waals surface area contributed by atoms with Gasteiger partial charge < -0.3 is 10.5 Å². The van der Waals surface area contributed by atoms with Crippen LogP contribution in [0.3, 0.4) is 0 Å². The predicted molar refractivity (Wildman–Crippen MR) is 87.1 cm³/mol. The summed E-state index contributed by atoms with van der Waals surface area (Å²) in [6, 6.07) is 4.44. The van der Waals surface area contributed by atoms with E-state index in [1.54, 1.807) is 17.8 Å². The van der Waals surface area contributed by atoms with Crippen LogP contribution in [-0.4, -0.2) is 40.1 Å². The fraction of sp³-hybridized carbons (Fsp3) is 0.429. The van der Waals surface area contributed by atoms with Gasteiger partial charge in [0.15, 0.2) is 0 Å². The molecule has 0 radical (unpaired) electrons. The Bertz CT molecular complexity index is 633. The third-order valence-corrected chi connectivity index (χ3v) is 5.00. The second-order valence-corrected chi connectivity index (χ2v) is 6.97. The van der Waals surface area contributed by atoms with E-state index in [0.29, 0.717) is 17.1 Å². The zero-order valence-corrected chi connectivity index (χ0v) is 14.0. The first-order valence-electron chi connectivity index (χ1n) is 6.32. The minimum Gasteiger partial charge on any atom is -0.495 e. The number of benzene rings is 1. The van der Waals surface area contributed by atoms with E-state index in [2.05, 4.69) is 16.6 Å². The molecule has 5 nitrogen and oxygen atoms in total. The molecule has 0 heterocycles. The van der Waals surface area contributed by atoms with Crippen LogP contribution in [0.15, 0.2) is 23.1 Å². The number of hydrogen-bond donors (Lipinski definition) is 2. The lowest BCUT2D eigenvalue weighted by molar-refractivity contribution is 0.413. The first-order valence-corrected chi connectivity index (χ1v) is 9.20. The molecule has 0 aliphatic heterocycles. The SMILES string of the molecule is COc1ccc(S(=O)(=O)NC(C)CSC)cc1C#CCN. The van der Waals surface area contributed by atoms with Gasteiger partial charge in [0.1, 0.15) is 5.75 Å². The van der Waals surface area contributed by atoms with Crippen LogP contribution in [0.1, 0.15) is 12.5 Å². The van der Waals surface area contributed by atoms with E-state index in [9.17, 15) is 8.42 Å². The molecule has 0 aliphatic carbocycles. The van der Waals surface area contributed by atoms with Gasteiger partial charge in [-0.05, 0) is 31.4 Å². The highest BCUT2D eigenvalue weighted by molar-refractivity contribution is 7.98. The standard InChI is InChI=1S/C14H20N2O3S2/c1-11(10-20-3)16-21(17,18)13-6-7-14(19-2)12(9-13)5-4-8-15/h6-7,9,11,16H,8,10,15H2,1-3H3. The van der Waals surface area contributed by atoms with Crippen molar-refractivity contribution in [2.24, 2.45) is 5.73 Å². The van der Waals surface area contributed by atoms with Crippen molar-refractivity contribution in [1.29, 1.82) is 0 Å². The lowest BCUT2D eigenvalue weighted by atomic mass is 10.2. The Balaban J connectivity index is 3.13. The second kappa shape index (κ2) is 8.29. The van der Waals surface area contributed by atoms with Crippen LogP contribution < -0.4 is 15.2 Å². The van der Waals surface area contributed by atoms with Gasteiger partial charge in [0.2, 0.25) is 10.0 Å². The molecule has 21 heavy (non-hydrogen) atoms. The molecule has 1 aromatic carbocycles. The smallest absolute Gasteiger partial charge is 0.240 e. The number of nitrogens with one attached hydrogen (secondary N) is 1. The molecule has 1 rings (SSSR count). The van der Waals surface area contributed by atoms with Crippen molar-refractivity contribution in [2.75, 3.05) is 25.7 Å². The van der Waals surface area contributed by atoms with Crippen molar-refractivity contribution in [2.45, 2.75) is 17.9 Å². The Morgan fingerprint density at radius 1 is 1.48 bits per heavy atom. The molecule has 3 N–H and O–H groups in total. The van der Waals surface area contributed by atoms with Crippen LogP contribution in [0.5, 0.6) is 5.75 Å². The summed E-state index contributed by atoms with van der Waals surface area (Å²) in [7, 11) is -2.06. The van der Waals surface area contributed by atoms with E-state index in [4.69, 9.17) is 10.5 Å². The van der Waals surface area contributed by atoms with Crippen LogP contribution in [-0.2, 0) is 10.0 Å². The van der Waals surface area contributed by atoms with Gasteiger partial charge in [-0.15, -0.1) is 0 Å². The third-order valence-electron chi connectivity index (χ3n) is 2.58. The highest BCUT2D eigenvalue weighted by atomic mass is 32.2. The Morgan fingerprint density at radius 2 is 2.19 bits per heavy atom. The lowest BCUT2D eigenvalue weighted by Gasteiger charge is -2.14. The highest BCUT2D eigenvalue weighted by Crippen LogP contribution is 2.21. The maximum absolute atomic E-state index is 12.3. The van der Waals surface area contributed by atoms with E-state index in [1.165, 1.54) is 19.2 Å². The van der Waals surface area contributed by atoms with E-state index in [-0.39, 0.29) is 17.5 Å². The fourth-order valence-corrected chi connectivity index (χ4v) is 3.67. The zero-order chi connectivity index (χ0) is 15.9. The Kier molecular flexibility index (Phi) is 7.05. The zero-order valence-electron chi connectivity index (χ0n) is 12.3. The molecule has 1 unspecified atom stereocenters. The number of sulfonamides is 1. The van der Waals surface area contributed by atoms with Crippen molar-refractivity contribution in [3.05, 3.63) is 23.8 Å². The summed E-state index contributed by atoms with van der Waals surface area (Å²) in [5.74, 6) is 6.74. The molecule has 0 saturated heterocycles. The second-order valence-electron chi connectivity index (χ2n) is 4.35. The molecule has 1 atom stereocenters. The molecule has 0 saturated carbocycles. The molecule has 0 bridgehead atoms. The first-order chi connectivity index (χ1) is 9.94. The summed E-state index contributed by atoms with van der Waals surface area (Å²) in [6.45, 7) is 2.02. The molecule has 7 heteroatoms. The maximum Gasteiger partial charge on any atom is 0.240 e. The quantitative estimate of drug-likeness (QED) is 0.763. The average molecular weight is 328 g/mol. The highest BCUT2D eigenvalue weighted by Gasteiger charge is 2.18. The molecule has 0 amide bonds. The van der Waals surface area contributed by atoms with Gasteiger partial charge >= 0.3 is 0 Å². The largest absolute Gasteiger partial charge is 0.495 e. The van der Waals surface area contributed by atoms with Gasteiger partial charge in [0.25, 0.3) is 0 Å². The van der Waals surface area contributed by atoms with Gasteiger partial charge in [-0.25, -0.2) is 13.1 Å². The van der Waals surface area contributed by atoms with Gasteiger partial charge in [0.05, 0.1) is 24.1 Å². The molecule has 0 aliphatic rings. The van der Waals surface area contributed by atoms with E-state index >= 15 is 0 Å². The molecule has 0 spiro atoms. The van der Waals surface area contributed by atoms with Gasteiger partial charge in [-0.3, -0.25) is 0 Å². The Labute approximate surface area is 130 Å². The topological polar surface area (TPSA) is 81.4 Å². The minimum absolute atomic E-state index is 0.148. The van der Waals surface area contributed by atoms with Crippen molar-refractivity contribution in [1.82, 2.24) is 4.72 Å². The normalized spacial score (nSPS) is 12.4. The van der Waals surface area contributed by atoms with Crippen molar-refractivity contribution >= 4 is 21.8 Å². The molecular formula is C14H20N2O3S2. The monoisotopic (exact) mass is 328 g/mol. The van der Waals surface area contributed by atoms with Crippen LogP contribution in [0.2, 0.25) is 0 Å². The molecule has 1 aromatic rings. The first kappa shape index (κ1) is 17.9. The summed E-state index contributed by atoms with van der Waals surface area (Å²) in [6.07, 6.45) is 1.93. The van der Waals surface area contributed by atoms with Gasteiger partial charge in [0, 0.05) is 11.8 Å². The fourth-order valence-electron chi connectivity index (χ4n) is 1.72. The average Bonchev–Trinajstić information content (AvgIpc) is 2.44. The minimum atomic E-state index is -3.57. The molecule has 0 fully saturated rings. The summed E-state index contributed by atoms with van der Waals surface area (Å²) in [5, 5.41) is 0. The maximum atomic E-state index is 12.3. The summed E-state index contributed by atoms with van der Waals surface area (Å²) < 4.78 is 32.4. The molecular weight excluding hydrogens is 308 g/mol. The predicted octanol–water partition coefficient (Wildman–Crippen LogP) is 1.04. The van der Waals surface area contributed by atoms with E-state index in [1.807, 2.05) is 13.2 Å². The number of rotatable bonds is 6. The van der Waals surface area contributed by atoms with E-state index in [0.717, 1.165) is 0 Å². The third kappa shape index (κ3) is 5.25. The molecule has 116 valence electrons. The summed E-state index contributed by atoms with van der Waals surface area (Å²) in [5.41, 5.74) is 5.85. The Morgan fingerprint density at radius 3 is 2.76 bits per heavy atom. The summed E-state index contributed by atoms with van der Waals surface area (Å²) in [4.78, 5) is 0.164. The van der Waals surface area contributed by atoms with Crippen LogP contribution in [0.4, 0.5) is 0 Å². The number of ether oxygens (including phenoxy) is 1. The van der Waals surface area contributed by atoms with Crippen molar-refractivity contribution in [3.63, 3.8) is 0 Å². The van der Waals surface area contributed by atoms with Gasteiger partial charge in [-0.1, -0.05) is 11.8 Å². The molecule has 0 aromatic heterocycles. The Hall–Kier alpha value is -1.20. The number of methoxy groups -OCH3 is 1. The number of thioether (sulfide) groups is 1.